The van der Waals surface area contributed by atoms with Gasteiger partial charge in [0.15, 0.2) is 0 Å². The Morgan fingerprint density at radius 2 is 1.89 bits per heavy atom. The Morgan fingerprint density at radius 1 is 1.14 bits per heavy atom. The van der Waals surface area contributed by atoms with Crippen LogP contribution in [-0.4, -0.2) is 32.4 Å². The average molecular weight is 401 g/mol. The van der Waals surface area contributed by atoms with E-state index in [9.17, 15) is 8.42 Å². The Hall–Kier alpha value is -1.85. The summed E-state index contributed by atoms with van der Waals surface area (Å²) in [6, 6.07) is 15.5. The summed E-state index contributed by atoms with van der Waals surface area (Å²) in [5, 5.41) is 0. The fourth-order valence-corrected chi connectivity index (χ4v) is 5.04. The molecule has 4 nitrogen and oxygen atoms in total. The van der Waals surface area contributed by atoms with Crippen LogP contribution in [0.1, 0.15) is 57.1 Å². The van der Waals surface area contributed by atoms with Gasteiger partial charge in [-0.1, -0.05) is 45.0 Å². The van der Waals surface area contributed by atoms with Crippen LogP contribution in [0.25, 0.3) is 0 Å². The fourth-order valence-electron chi connectivity index (χ4n) is 3.99. The molecule has 28 heavy (non-hydrogen) atoms. The number of nitrogens with zero attached hydrogens (tertiary/aromatic N) is 1. The fraction of sp³-hybridized carbons (Fsp3) is 0.478. The van der Waals surface area contributed by atoms with E-state index < -0.39 is 10.0 Å². The molecule has 0 spiro atoms. The zero-order chi connectivity index (χ0) is 20.1. The van der Waals surface area contributed by atoms with E-state index in [1.807, 2.05) is 30.3 Å². The Kier molecular flexibility index (Phi) is 6.78. The first-order chi connectivity index (χ1) is 13.4. The molecular formula is C23H32N2O2S. The Morgan fingerprint density at radius 3 is 2.57 bits per heavy atom. The summed E-state index contributed by atoms with van der Waals surface area (Å²) in [4.78, 5) is 2.86. The van der Waals surface area contributed by atoms with Crippen molar-refractivity contribution >= 4 is 15.7 Å². The van der Waals surface area contributed by atoms with Crippen molar-refractivity contribution in [2.45, 2.75) is 63.3 Å². The molecule has 1 aliphatic heterocycles. The summed E-state index contributed by atoms with van der Waals surface area (Å²) in [6.45, 7) is 8.73. The van der Waals surface area contributed by atoms with Crippen LogP contribution in [-0.2, 0) is 16.4 Å². The van der Waals surface area contributed by atoms with E-state index in [0.717, 1.165) is 18.5 Å². The molecule has 0 bridgehead atoms. The van der Waals surface area contributed by atoms with Gasteiger partial charge >= 0.3 is 0 Å². The minimum Gasteiger partial charge on any atom is -0.300 e. The highest BCUT2D eigenvalue weighted by Crippen LogP contribution is 2.24. The van der Waals surface area contributed by atoms with Crippen LogP contribution in [0.3, 0.4) is 0 Å². The first kappa shape index (κ1) is 20.9. The standard InChI is InChI=1S/C23H32N2O2S/c1-4-14-25-15-6-9-22(25)17-19-7-5-8-21(16-19)24-28(26,27)23-12-10-20(11-13-23)18(2)3/h5,7-8,10-13,16,18,22,24H,4,6,9,14-15,17H2,1-3H3. The lowest BCUT2D eigenvalue weighted by Gasteiger charge is -2.24. The molecule has 2 aromatic rings. The van der Waals surface area contributed by atoms with E-state index in [1.165, 1.54) is 31.4 Å². The zero-order valence-electron chi connectivity index (χ0n) is 17.2. The number of anilines is 1. The predicted molar refractivity (Wildman–Crippen MR) is 116 cm³/mol. The number of sulfonamides is 1. The molecule has 0 saturated carbocycles. The summed E-state index contributed by atoms with van der Waals surface area (Å²) >= 11 is 0. The highest BCUT2D eigenvalue weighted by Gasteiger charge is 2.24. The molecule has 1 aliphatic rings. The number of likely N-dealkylation sites (tertiary alicyclic amines) is 1. The molecule has 1 atom stereocenters. The molecule has 0 aromatic heterocycles. The van der Waals surface area contributed by atoms with Gasteiger partial charge in [-0.05, 0) is 80.1 Å². The highest BCUT2D eigenvalue weighted by atomic mass is 32.2. The van der Waals surface area contributed by atoms with Gasteiger partial charge in [0.1, 0.15) is 0 Å². The second-order valence-corrected chi connectivity index (χ2v) is 9.75. The summed E-state index contributed by atoms with van der Waals surface area (Å²) in [5.74, 6) is 0.379. The normalized spacial score (nSPS) is 17.9. The summed E-state index contributed by atoms with van der Waals surface area (Å²) in [7, 11) is -3.58. The molecule has 0 aliphatic carbocycles. The van der Waals surface area contributed by atoms with Gasteiger partial charge in [-0.2, -0.15) is 0 Å². The molecule has 1 fully saturated rings. The Labute approximate surface area is 170 Å². The monoisotopic (exact) mass is 400 g/mol. The lowest BCUT2D eigenvalue weighted by molar-refractivity contribution is 0.253. The number of benzene rings is 2. The molecule has 1 N–H and O–H groups in total. The molecule has 2 aromatic carbocycles. The van der Waals surface area contributed by atoms with Crippen molar-refractivity contribution in [1.82, 2.24) is 4.90 Å². The molecule has 1 heterocycles. The zero-order valence-corrected chi connectivity index (χ0v) is 18.0. The van der Waals surface area contributed by atoms with Crippen molar-refractivity contribution in [2.24, 2.45) is 0 Å². The van der Waals surface area contributed by atoms with Gasteiger partial charge < -0.3 is 4.90 Å². The quantitative estimate of drug-likeness (QED) is 0.676. The first-order valence-corrected chi connectivity index (χ1v) is 11.8. The van der Waals surface area contributed by atoms with Crippen LogP contribution < -0.4 is 4.72 Å². The third kappa shape index (κ3) is 5.15. The third-order valence-electron chi connectivity index (χ3n) is 5.52. The first-order valence-electron chi connectivity index (χ1n) is 10.3. The van der Waals surface area contributed by atoms with Crippen LogP contribution in [0.5, 0.6) is 0 Å². The van der Waals surface area contributed by atoms with Crippen LogP contribution >= 0.6 is 0 Å². The summed E-state index contributed by atoms with van der Waals surface area (Å²) < 4.78 is 28.3. The predicted octanol–water partition coefficient (Wildman–Crippen LogP) is 5.03. The number of nitrogens with one attached hydrogen (secondary N) is 1. The maximum absolute atomic E-state index is 12.8. The summed E-state index contributed by atoms with van der Waals surface area (Å²) in [5.41, 5.74) is 2.95. The third-order valence-corrected chi connectivity index (χ3v) is 6.91. The molecule has 1 unspecified atom stereocenters. The van der Waals surface area contributed by atoms with E-state index in [-0.39, 0.29) is 0 Å². The van der Waals surface area contributed by atoms with Gasteiger partial charge in [0.25, 0.3) is 10.0 Å². The molecule has 5 heteroatoms. The van der Waals surface area contributed by atoms with Crippen LogP contribution in [0.4, 0.5) is 5.69 Å². The van der Waals surface area contributed by atoms with Crippen LogP contribution in [0.15, 0.2) is 53.4 Å². The van der Waals surface area contributed by atoms with E-state index in [1.54, 1.807) is 12.1 Å². The SMILES string of the molecule is CCCN1CCCC1Cc1cccc(NS(=O)(=O)c2ccc(C(C)C)cc2)c1. The Bertz CT molecular complexity index is 876. The van der Waals surface area contributed by atoms with Crippen molar-refractivity contribution < 1.29 is 8.42 Å². The van der Waals surface area contributed by atoms with Gasteiger partial charge in [-0.3, -0.25) is 4.72 Å². The smallest absolute Gasteiger partial charge is 0.261 e. The van der Waals surface area contributed by atoms with Gasteiger partial charge in [0.05, 0.1) is 4.90 Å². The molecule has 3 rings (SSSR count). The highest BCUT2D eigenvalue weighted by molar-refractivity contribution is 7.92. The van der Waals surface area contributed by atoms with Crippen molar-refractivity contribution in [3.63, 3.8) is 0 Å². The van der Waals surface area contributed by atoms with Crippen molar-refractivity contribution in [3.8, 4) is 0 Å². The molecule has 0 amide bonds. The molecule has 1 saturated heterocycles. The van der Waals surface area contributed by atoms with Gasteiger partial charge in [-0.25, -0.2) is 8.42 Å². The Balaban J connectivity index is 1.71. The second-order valence-electron chi connectivity index (χ2n) is 8.07. The largest absolute Gasteiger partial charge is 0.300 e. The van der Waals surface area contributed by atoms with Crippen molar-refractivity contribution in [2.75, 3.05) is 17.8 Å². The van der Waals surface area contributed by atoms with Crippen LogP contribution in [0, 0.1) is 0 Å². The lowest BCUT2D eigenvalue weighted by atomic mass is 10.0. The lowest BCUT2D eigenvalue weighted by Crippen LogP contribution is -2.31. The van der Waals surface area contributed by atoms with E-state index >= 15 is 0 Å². The number of hydrogen-bond acceptors (Lipinski definition) is 3. The summed E-state index contributed by atoms with van der Waals surface area (Å²) in [6.07, 6.45) is 4.62. The minimum absolute atomic E-state index is 0.298. The van der Waals surface area contributed by atoms with Crippen molar-refractivity contribution in [1.29, 1.82) is 0 Å². The number of rotatable bonds is 8. The molecule has 0 radical (unpaired) electrons. The molecule has 152 valence electrons. The molecular weight excluding hydrogens is 368 g/mol. The maximum Gasteiger partial charge on any atom is 0.261 e. The minimum atomic E-state index is -3.58. The van der Waals surface area contributed by atoms with E-state index in [0.29, 0.717) is 22.5 Å². The number of hydrogen-bond donors (Lipinski definition) is 1. The maximum atomic E-state index is 12.8. The van der Waals surface area contributed by atoms with Crippen LogP contribution in [0.2, 0.25) is 0 Å². The van der Waals surface area contributed by atoms with Crippen molar-refractivity contribution in [3.05, 3.63) is 59.7 Å². The van der Waals surface area contributed by atoms with E-state index in [2.05, 4.69) is 36.5 Å². The van der Waals surface area contributed by atoms with Gasteiger partial charge in [-0.15, -0.1) is 0 Å². The van der Waals surface area contributed by atoms with Gasteiger partial charge in [0, 0.05) is 11.7 Å². The topological polar surface area (TPSA) is 49.4 Å². The van der Waals surface area contributed by atoms with E-state index in [4.69, 9.17) is 0 Å². The second kappa shape index (κ2) is 9.10. The average Bonchev–Trinajstić information content (AvgIpc) is 3.09. The van der Waals surface area contributed by atoms with Gasteiger partial charge in [0.2, 0.25) is 0 Å².